The van der Waals surface area contributed by atoms with E-state index in [2.05, 4.69) is 10.2 Å². The molecule has 0 saturated carbocycles. The topological polar surface area (TPSA) is 60.0 Å². The highest BCUT2D eigenvalue weighted by molar-refractivity contribution is 6.32. The Morgan fingerprint density at radius 2 is 1.89 bits per heavy atom. The fraction of sp³-hybridized carbons (Fsp3) is 0.381. The average Bonchev–Trinajstić information content (AvgIpc) is 3.15. The third-order valence-corrected chi connectivity index (χ3v) is 5.24. The number of hydrogen-bond donors (Lipinski definition) is 1. The number of amides is 1. The monoisotopic (exact) mass is 404 g/mol. The molecular weight excluding hydrogens is 380 g/mol. The van der Waals surface area contributed by atoms with Crippen LogP contribution < -0.4 is 19.5 Å². The van der Waals surface area contributed by atoms with E-state index < -0.39 is 0 Å². The molecule has 1 atom stereocenters. The van der Waals surface area contributed by atoms with Gasteiger partial charge in [0.05, 0.1) is 32.9 Å². The van der Waals surface area contributed by atoms with E-state index in [0.29, 0.717) is 23.0 Å². The van der Waals surface area contributed by atoms with Crippen molar-refractivity contribution >= 4 is 23.2 Å². The van der Waals surface area contributed by atoms with Crippen molar-refractivity contribution < 1.29 is 19.0 Å². The molecule has 1 aliphatic heterocycles. The number of anilines is 1. The van der Waals surface area contributed by atoms with Crippen molar-refractivity contribution in [2.45, 2.75) is 18.9 Å². The van der Waals surface area contributed by atoms with Crippen molar-refractivity contribution in [1.82, 2.24) is 4.90 Å². The van der Waals surface area contributed by atoms with E-state index in [4.69, 9.17) is 25.8 Å². The Morgan fingerprint density at radius 3 is 2.57 bits per heavy atom. The lowest BCUT2D eigenvalue weighted by Gasteiger charge is -2.26. The van der Waals surface area contributed by atoms with Crippen LogP contribution in [0.5, 0.6) is 17.2 Å². The molecule has 1 aliphatic rings. The number of rotatable bonds is 7. The summed E-state index contributed by atoms with van der Waals surface area (Å²) >= 11 is 6.13. The van der Waals surface area contributed by atoms with Gasteiger partial charge in [-0.25, -0.2) is 0 Å². The predicted octanol–water partition coefficient (Wildman–Crippen LogP) is 4.14. The number of ether oxygens (including phenoxy) is 3. The van der Waals surface area contributed by atoms with Crippen molar-refractivity contribution in [3.8, 4) is 17.2 Å². The van der Waals surface area contributed by atoms with Gasteiger partial charge in [-0.2, -0.15) is 0 Å². The molecule has 6 nitrogen and oxygen atoms in total. The van der Waals surface area contributed by atoms with Gasteiger partial charge in [-0.3, -0.25) is 9.69 Å². The van der Waals surface area contributed by atoms with E-state index in [1.807, 2.05) is 18.2 Å². The maximum absolute atomic E-state index is 12.6. The van der Waals surface area contributed by atoms with Crippen LogP contribution in [0.1, 0.15) is 24.4 Å². The van der Waals surface area contributed by atoms with Crippen molar-refractivity contribution in [3.05, 3.63) is 47.0 Å². The molecule has 0 aliphatic carbocycles. The van der Waals surface area contributed by atoms with Gasteiger partial charge in [0.1, 0.15) is 17.2 Å². The van der Waals surface area contributed by atoms with Gasteiger partial charge >= 0.3 is 0 Å². The SMILES string of the molecule is COc1ccc([C@H]2CCCN2CC(=O)Nc2ccc(OC)c(Cl)c2)c(OC)c1. The Morgan fingerprint density at radius 1 is 1.11 bits per heavy atom. The summed E-state index contributed by atoms with van der Waals surface area (Å²) in [5.41, 5.74) is 1.72. The highest BCUT2D eigenvalue weighted by Gasteiger charge is 2.30. The number of benzene rings is 2. The minimum atomic E-state index is -0.0828. The third kappa shape index (κ3) is 4.51. The zero-order chi connectivity index (χ0) is 20.1. The molecule has 2 aromatic rings. The molecule has 1 fully saturated rings. The fourth-order valence-corrected chi connectivity index (χ4v) is 3.85. The first-order chi connectivity index (χ1) is 13.5. The first-order valence-corrected chi connectivity index (χ1v) is 9.53. The molecule has 2 aromatic carbocycles. The number of methoxy groups -OCH3 is 3. The molecule has 0 spiro atoms. The highest BCUT2D eigenvalue weighted by atomic mass is 35.5. The van der Waals surface area contributed by atoms with Crippen LogP contribution >= 0.6 is 11.6 Å². The zero-order valence-electron chi connectivity index (χ0n) is 16.3. The van der Waals surface area contributed by atoms with E-state index in [0.717, 1.165) is 36.4 Å². The molecule has 1 N–H and O–H groups in total. The van der Waals surface area contributed by atoms with Gasteiger partial charge < -0.3 is 19.5 Å². The van der Waals surface area contributed by atoms with Crippen LogP contribution in [0.4, 0.5) is 5.69 Å². The van der Waals surface area contributed by atoms with Gasteiger partial charge in [-0.1, -0.05) is 17.7 Å². The first kappa shape index (κ1) is 20.3. The zero-order valence-corrected chi connectivity index (χ0v) is 17.1. The Labute approximate surface area is 170 Å². The number of carbonyl (C=O) groups is 1. The van der Waals surface area contributed by atoms with Crippen LogP contribution in [0.3, 0.4) is 0 Å². The Kier molecular flexibility index (Phi) is 6.65. The summed E-state index contributed by atoms with van der Waals surface area (Å²) in [5.74, 6) is 2.02. The van der Waals surface area contributed by atoms with Crippen LogP contribution in [0.25, 0.3) is 0 Å². The number of hydrogen-bond acceptors (Lipinski definition) is 5. The number of nitrogens with one attached hydrogen (secondary N) is 1. The van der Waals surface area contributed by atoms with Gasteiger partial charge in [0.25, 0.3) is 0 Å². The summed E-state index contributed by atoms with van der Waals surface area (Å²) in [6, 6.07) is 11.1. The smallest absolute Gasteiger partial charge is 0.238 e. The molecule has 0 unspecified atom stereocenters. The van der Waals surface area contributed by atoms with Gasteiger partial charge in [0, 0.05) is 23.4 Å². The minimum absolute atomic E-state index is 0.0828. The van der Waals surface area contributed by atoms with E-state index in [1.165, 1.54) is 0 Å². The Hall–Kier alpha value is -2.44. The largest absolute Gasteiger partial charge is 0.497 e. The minimum Gasteiger partial charge on any atom is -0.497 e. The molecule has 150 valence electrons. The normalized spacial score (nSPS) is 16.6. The second kappa shape index (κ2) is 9.17. The van der Waals surface area contributed by atoms with Crippen molar-refractivity contribution in [1.29, 1.82) is 0 Å². The molecule has 0 radical (unpaired) electrons. The first-order valence-electron chi connectivity index (χ1n) is 9.15. The van der Waals surface area contributed by atoms with E-state index >= 15 is 0 Å². The quantitative estimate of drug-likeness (QED) is 0.751. The lowest BCUT2D eigenvalue weighted by molar-refractivity contribution is -0.117. The van der Waals surface area contributed by atoms with Crippen LogP contribution in [0.15, 0.2) is 36.4 Å². The molecule has 3 rings (SSSR count). The number of halogens is 1. The van der Waals surface area contributed by atoms with Crippen LogP contribution in [-0.4, -0.2) is 45.2 Å². The van der Waals surface area contributed by atoms with Gasteiger partial charge in [0.2, 0.25) is 5.91 Å². The summed E-state index contributed by atoms with van der Waals surface area (Å²) in [6.45, 7) is 1.15. The molecular formula is C21H25ClN2O4. The molecule has 28 heavy (non-hydrogen) atoms. The van der Waals surface area contributed by atoms with Crippen molar-refractivity contribution in [3.63, 3.8) is 0 Å². The standard InChI is InChI=1S/C21H25ClN2O4/c1-26-15-7-8-16(20(12-15)28-3)18-5-4-10-24(18)13-21(25)23-14-6-9-19(27-2)17(22)11-14/h6-9,11-12,18H,4-5,10,13H2,1-3H3,(H,23,25)/t18-/m1/s1. The highest BCUT2D eigenvalue weighted by Crippen LogP contribution is 2.38. The molecule has 7 heteroatoms. The molecule has 1 amide bonds. The maximum atomic E-state index is 12.6. The molecule has 0 aromatic heterocycles. The molecule has 0 bridgehead atoms. The summed E-state index contributed by atoms with van der Waals surface area (Å²) in [7, 11) is 4.84. The molecule has 1 saturated heterocycles. The predicted molar refractivity (Wildman–Crippen MR) is 110 cm³/mol. The molecule has 1 heterocycles. The lowest BCUT2D eigenvalue weighted by Crippen LogP contribution is -2.33. The lowest BCUT2D eigenvalue weighted by atomic mass is 10.0. The Balaban J connectivity index is 1.70. The Bertz CT molecular complexity index is 843. The van der Waals surface area contributed by atoms with Crippen LogP contribution in [-0.2, 0) is 4.79 Å². The fourth-order valence-electron chi connectivity index (χ4n) is 3.59. The second-order valence-electron chi connectivity index (χ2n) is 6.63. The number of carbonyl (C=O) groups excluding carboxylic acids is 1. The van der Waals surface area contributed by atoms with E-state index in [1.54, 1.807) is 39.5 Å². The van der Waals surface area contributed by atoms with Crippen molar-refractivity contribution in [2.24, 2.45) is 0 Å². The average molecular weight is 405 g/mol. The van der Waals surface area contributed by atoms with E-state index in [9.17, 15) is 4.79 Å². The van der Waals surface area contributed by atoms with Gasteiger partial charge in [-0.05, 0) is 43.7 Å². The van der Waals surface area contributed by atoms with Gasteiger partial charge in [0.15, 0.2) is 0 Å². The number of likely N-dealkylation sites (tertiary alicyclic amines) is 1. The summed E-state index contributed by atoms with van der Waals surface area (Å²) in [4.78, 5) is 14.8. The third-order valence-electron chi connectivity index (χ3n) is 4.95. The van der Waals surface area contributed by atoms with Gasteiger partial charge in [-0.15, -0.1) is 0 Å². The van der Waals surface area contributed by atoms with Crippen molar-refractivity contribution in [2.75, 3.05) is 39.7 Å². The summed E-state index contributed by atoms with van der Waals surface area (Å²) in [5, 5.41) is 3.37. The second-order valence-corrected chi connectivity index (χ2v) is 7.04. The van der Waals surface area contributed by atoms with Crippen LogP contribution in [0.2, 0.25) is 5.02 Å². The summed E-state index contributed by atoms with van der Waals surface area (Å²) in [6.07, 6.45) is 2.01. The number of nitrogens with zero attached hydrogens (tertiary/aromatic N) is 1. The maximum Gasteiger partial charge on any atom is 0.238 e. The van der Waals surface area contributed by atoms with E-state index in [-0.39, 0.29) is 11.9 Å². The van der Waals surface area contributed by atoms with Crippen LogP contribution in [0, 0.1) is 0 Å². The summed E-state index contributed by atoms with van der Waals surface area (Å²) < 4.78 is 16.0.